The van der Waals surface area contributed by atoms with Crippen molar-refractivity contribution in [1.82, 2.24) is 9.88 Å². The molecule has 1 amide bonds. The first-order chi connectivity index (χ1) is 11.0. The third-order valence-electron chi connectivity index (χ3n) is 4.50. The quantitative estimate of drug-likeness (QED) is 0.893. The average molecular weight is 318 g/mol. The summed E-state index contributed by atoms with van der Waals surface area (Å²) in [6.07, 6.45) is 4.97. The fourth-order valence-corrected chi connectivity index (χ4v) is 3.21. The Balaban J connectivity index is 2.06. The standard InChI is InChI=1S/C17H19FN2O3/c1-20-13-8-7-10(18)9-12(13)15(21)14(17(20)23)16(22)19-11-5-3-2-4-6-11/h7-9,11,21H,2-6H2,1H3,(H,19,22). The number of benzene rings is 1. The van der Waals surface area contributed by atoms with E-state index in [4.69, 9.17) is 0 Å². The zero-order valence-corrected chi connectivity index (χ0v) is 12.9. The lowest BCUT2D eigenvalue weighted by molar-refractivity contribution is 0.0923. The molecular weight excluding hydrogens is 299 g/mol. The average Bonchev–Trinajstić information content (AvgIpc) is 2.54. The predicted octanol–water partition coefficient (Wildman–Crippen LogP) is 2.45. The Hall–Kier alpha value is -2.37. The van der Waals surface area contributed by atoms with E-state index in [1.165, 1.54) is 23.7 Å². The zero-order chi connectivity index (χ0) is 16.6. The minimum Gasteiger partial charge on any atom is -0.506 e. The molecule has 1 aromatic heterocycles. The summed E-state index contributed by atoms with van der Waals surface area (Å²) >= 11 is 0. The predicted molar refractivity (Wildman–Crippen MR) is 85.2 cm³/mol. The number of aromatic nitrogens is 1. The minimum atomic E-state index is -0.596. The summed E-state index contributed by atoms with van der Waals surface area (Å²) in [6.45, 7) is 0. The largest absolute Gasteiger partial charge is 0.506 e. The molecule has 0 spiro atoms. The zero-order valence-electron chi connectivity index (χ0n) is 12.9. The van der Waals surface area contributed by atoms with Crippen LogP contribution in [-0.4, -0.2) is 21.6 Å². The number of rotatable bonds is 2. The molecule has 6 heteroatoms. The number of amides is 1. The van der Waals surface area contributed by atoms with Gasteiger partial charge in [0.15, 0.2) is 0 Å². The van der Waals surface area contributed by atoms with Gasteiger partial charge in [0, 0.05) is 18.5 Å². The first kappa shape index (κ1) is 15.5. The van der Waals surface area contributed by atoms with Gasteiger partial charge in [0.2, 0.25) is 0 Å². The van der Waals surface area contributed by atoms with Crippen LogP contribution in [0.2, 0.25) is 0 Å². The van der Waals surface area contributed by atoms with Crippen LogP contribution < -0.4 is 10.9 Å². The molecule has 3 rings (SSSR count). The SMILES string of the molecule is Cn1c(=O)c(C(=O)NC2CCCCC2)c(O)c2cc(F)ccc21. The second-order valence-electron chi connectivity index (χ2n) is 6.06. The van der Waals surface area contributed by atoms with E-state index in [0.717, 1.165) is 38.2 Å². The van der Waals surface area contributed by atoms with E-state index in [1.807, 2.05) is 0 Å². The fourth-order valence-electron chi connectivity index (χ4n) is 3.21. The van der Waals surface area contributed by atoms with Crippen LogP contribution in [0.25, 0.3) is 10.9 Å². The van der Waals surface area contributed by atoms with E-state index < -0.39 is 23.0 Å². The van der Waals surface area contributed by atoms with E-state index >= 15 is 0 Å². The lowest BCUT2D eigenvalue weighted by atomic mass is 9.95. The van der Waals surface area contributed by atoms with Gasteiger partial charge in [0.1, 0.15) is 17.1 Å². The van der Waals surface area contributed by atoms with Crippen molar-refractivity contribution in [2.45, 2.75) is 38.1 Å². The Morgan fingerprint density at radius 3 is 2.70 bits per heavy atom. The number of fused-ring (bicyclic) bond motifs is 1. The number of pyridine rings is 1. The van der Waals surface area contributed by atoms with Gasteiger partial charge in [0.05, 0.1) is 5.52 Å². The summed E-state index contributed by atoms with van der Waals surface area (Å²) in [4.78, 5) is 24.9. The normalized spacial score (nSPS) is 15.7. The van der Waals surface area contributed by atoms with Gasteiger partial charge in [-0.05, 0) is 31.0 Å². The van der Waals surface area contributed by atoms with Crippen molar-refractivity contribution in [3.05, 3.63) is 39.9 Å². The van der Waals surface area contributed by atoms with Gasteiger partial charge in [-0.15, -0.1) is 0 Å². The van der Waals surface area contributed by atoms with Crippen LogP contribution in [-0.2, 0) is 7.05 Å². The minimum absolute atomic E-state index is 0.0172. The second kappa shape index (κ2) is 6.02. The molecule has 2 N–H and O–H groups in total. The molecule has 5 nitrogen and oxygen atoms in total. The Morgan fingerprint density at radius 1 is 1.30 bits per heavy atom. The van der Waals surface area contributed by atoms with Crippen molar-refractivity contribution in [3.8, 4) is 5.75 Å². The summed E-state index contributed by atoms with van der Waals surface area (Å²) < 4.78 is 14.7. The van der Waals surface area contributed by atoms with Crippen molar-refractivity contribution in [1.29, 1.82) is 0 Å². The number of nitrogens with one attached hydrogen (secondary N) is 1. The Kier molecular flexibility index (Phi) is 4.07. The van der Waals surface area contributed by atoms with Crippen molar-refractivity contribution in [2.75, 3.05) is 0 Å². The number of carbonyl (C=O) groups is 1. The third kappa shape index (κ3) is 2.81. The van der Waals surface area contributed by atoms with E-state index in [1.54, 1.807) is 0 Å². The molecule has 1 aliphatic rings. The highest BCUT2D eigenvalue weighted by Crippen LogP contribution is 2.27. The molecule has 1 saturated carbocycles. The molecule has 0 unspecified atom stereocenters. The van der Waals surface area contributed by atoms with Gasteiger partial charge in [-0.25, -0.2) is 4.39 Å². The molecule has 23 heavy (non-hydrogen) atoms. The van der Waals surface area contributed by atoms with E-state index in [9.17, 15) is 19.1 Å². The van der Waals surface area contributed by atoms with Crippen LogP contribution in [0.1, 0.15) is 42.5 Å². The lowest BCUT2D eigenvalue weighted by Gasteiger charge is -2.23. The van der Waals surface area contributed by atoms with E-state index in [0.29, 0.717) is 5.52 Å². The maximum atomic E-state index is 13.5. The highest BCUT2D eigenvalue weighted by Gasteiger charge is 2.24. The molecule has 0 bridgehead atoms. The summed E-state index contributed by atoms with van der Waals surface area (Å²) in [7, 11) is 1.50. The first-order valence-electron chi connectivity index (χ1n) is 7.81. The van der Waals surface area contributed by atoms with Gasteiger partial charge in [-0.1, -0.05) is 19.3 Å². The van der Waals surface area contributed by atoms with Crippen molar-refractivity contribution >= 4 is 16.8 Å². The molecule has 0 radical (unpaired) electrons. The number of aryl methyl sites for hydroxylation is 1. The topological polar surface area (TPSA) is 71.3 Å². The Bertz CT molecular complexity index is 823. The second-order valence-corrected chi connectivity index (χ2v) is 6.06. The molecule has 0 saturated heterocycles. The van der Waals surface area contributed by atoms with Gasteiger partial charge in [-0.3, -0.25) is 9.59 Å². The monoisotopic (exact) mass is 318 g/mol. The van der Waals surface area contributed by atoms with Crippen molar-refractivity contribution < 1.29 is 14.3 Å². The van der Waals surface area contributed by atoms with Crippen LogP contribution >= 0.6 is 0 Å². The number of halogens is 1. The van der Waals surface area contributed by atoms with Gasteiger partial charge in [0.25, 0.3) is 11.5 Å². The number of carbonyl (C=O) groups excluding carboxylic acids is 1. The maximum absolute atomic E-state index is 13.5. The van der Waals surface area contributed by atoms with Crippen molar-refractivity contribution in [2.24, 2.45) is 7.05 Å². The molecule has 1 fully saturated rings. The number of hydrogen-bond acceptors (Lipinski definition) is 3. The van der Waals surface area contributed by atoms with Crippen LogP contribution in [0.3, 0.4) is 0 Å². The molecule has 1 heterocycles. The highest BCUT2D eigenvalue weighted by molar-refractivity contribution is 6.02. The summed E-state index contributed by atoms with van der Waals surface area (Å²) in [5.74, 6) is -1.60. The van der Waals surface area contributed by atoms with E-state index in [2.05, 4.69) is 5.32 Å². The molecule has 122 valence electrons. The molecule has 1 aliphatic carbocycles. The summed E-state index contributed by atoms with van der Waals surface area (Å²) in [6, 6.07) is 3.77. The molecule has 0 atom stereocenters. The number of nitrogens with zero attached hydrogens (tertiary/aromatic N) is 1. The maximum Gasteiger partial charge on any atom is 0.267 e. The van der Waals surface area contributed by atoms with Crippen LogP contribution in [0.5, 0.6) is 5.75 Å². The van der Waals surface area contributed by atoms with Crippen molar-refractivity contribution in [3.63, 3.8) is 0 Å². The van der Waals surface area contributed by atoms with E-state index in [-0.39, 0.29) is 17.0 Å². The van der Waals surface area contributed by atoms with Gasteiger partial charge >= 0.3 is 0 Å². The molecule has 0 aliphatic heterocycles. The third-order valence-corrected chi connectivity index (χ3v) is 4.50. The van der Waals surface area contributed by atoms with Crippen LogP contribution in [0.4, 0.5) is 4.39 Å². The number of hydrogen-bond donors (Lipinski definition) is 2. The van der Waals surface area contributed by atoms with Gasteiger partial charge in [-0.2, -0.15) is 0 Å². The highest BCUT2D eigenvalue weighted by atomic mass is 19.1. The summed E-state index contributed by atoms with van der Waals surface area (Å²) in [5, 5.41) is 13.3. The first-order valence-corrected chi connectivity index (χ1v) is 7.81. The van der Waals surface area contributed by atoms with Crippen LogP contribution in [0, 0.1) is 5.82 Å². The Labute approximate surface area is 132 Å². The molecule has 1 aromatic carbocycles. The Morgan fingerprint density at radius 2 is 2.00 bits per heavy atom. The lowest BCUT2D eigenvalue weighted by Crippen LogP contribution is -2.39. The number of aromatic hydroxyl groups is 1. The smallest absolute Gasteiger partial charge is 0.267 e. The fraction of sp³-hybridized carbons (Fsp3) is 0.412. The molecular formula is C17H19FN2O3. The summed E-state index contributed by atoms with van der Waals surface area (Å²) in [5.41, 5.74) is -0.533. The van der Waals surface area contributed by atoms with Crippen LogP contribution in [0.15, 0.2) is 23.0 Å². The molecule has 2 aromatic rings. The van der Waals surface area contributed by atoms with Gasteiger partial charge < -0.3 is 15.0 Å².